The molecule has 1 amide bonds. The molecule has 4 rings (SSSR count). The monoisotopic (exact) mass is 486 g/mol. The van der Waals surface area contributed by atoms with E-state index < -0.39 is 0 Å². The fraction of sp³-hybridized carbons (Fsp3) is 0.172. The lowest BCUT2D eigenvalue weighted by Gasteiger charge is -2.17. The predicted molar refractivity (Wildman–Crippen MR) is 142 cm³/mol. The summed E-state index contributed by atoms with van der Waals surface area (Å²) in [6.45, 7) is 8.48. The number of hydrogen-bond donors (Lipinski definition) is 0. The third-order valence-corrected chi connectivity index (χ3v) is 5.70. The average Bonchev–Trinajstić information content (AvgIpc) is 3.13. The summed E-state index contributed by atoms with van der Waals surface area (Å²) in [6.07, 6.45) is 4.25. The number of ether oxygens (including phenoxy) is 2. The molecule has 0 bridgehead atoms. The van der Waals surface area contributed by atoms with Crippen LogP contribution in [0.3, 0.4) is 0 Å². The van der Waals surface area contributed by atoms with Gasteiger partial charge in [0.1, 0.15) is 6.61 Å². The summed E-state index contributed by atoms with van der Waals surface area (Å²) in [5.74, 6) is 1.10. The van der Waals surface area contributed by atoms with Crippen LogP contribution in [0.5, 0.6) is 11.5 Å². The first-order valence-corrected chi connectivity index (χ1v) is 11.8. The number of hydrazone groups is 1. The van der Waals surface area contributed by atoms with Crippen LogP contribution in [0.25, 0.3) is 6.08 Å². The quantitative estimate of drug-likeness (QED) is 0.245. The van der Waals surface area contributed by atoms with Crippen LogP contribution in [0.1, 0.15) is 30.5 Å². The molecule has 178 valence electrons. The standard InChI is InChI=1S/C29H27ClN2O3/c1-4-10-23-15-22(17-26-20(3)31-32(29(26)33)25-13-7-6-8-14-25)18-27(34-5-2)28(23)35-19-21-11-9-12-24(30)16-21/h4,6-9,11-18H,1,5,10,19H2,2-3H3/b26-17+. The number of halogens is 1. The maximum atomic E-state index is 13.2. The number of anilines is 1. The number of amides is 1. The van der Waals surface area contributed by atoms with E-state index in [1.165, 1.54) is 5.01 Å². The largest absolute Gasteiger partial charge is 0.490 e. The van der Waals surface area contributed by atoms with E-state index in [1.807, 2.05) is 92.7 Å². The van der Waals surface area contributed by atoms with Crippen molar-refractivity contribution in [3.8, 4) is 11.5 Å². The Bertz CT molecular complexity index is 1300. The molecule has 5 nitrogen and oxygen atoms in total. The van der Waals surface area contributed by atoms with Gasteiger partial charge in [0, 0.05) is 10.6 Å². The van der Waals surface area contributed by atoms with Gasteiger partial charge < -0.3 is 9.47 Å². The third kappa shape index (κ3) is 5.64. The molecule has 1 heterocycles. The molecule has 0 N–H and O–H groups in total. The number of benzene rings is 3. The molecule has 0 fully saturated rings. The first kappa shape index (κ1) is 24.3. The molecule has 0 saturated heterocycles. The highest BCUT2D eigenvalue weighted by molar-refractivity contribution is 6.32. The first-order valence-electron chi connectivity index (χ1n) is 11.4. The number of hydrogen-bond acceptors (Lipinski definition) is 4. The number of nitrogens with zero attached hydrogens (tertiary/aromatic N) is 2. The van der Waals surface area contributed by atoms with E-state index in [1.54, 1.807) is 0 Å². The molecule has 35 heavy (non-hydrogen) atoms. The summed E-state index contributed by atoms with van der Waals surface area (Å²) in [5, 5.41) is 6.56. The second-order valence-corrected chi connectivity index (χ2v) is 8.48. The zero-order valence-electron chi connectivity index (χ0n) is 19.8. The minimum atomic E-state index is -0.168. The third-order valence-electron chi connectivity index (χ3n) is 5.46. The molecule has 0 aliphatic carbocycles. The van der Waals surface area contributed by atoms with Crippen LogP contribution in [-0.2, 0) is 17.8 Å². The average molecular weight is 487 g/mol. The van der Waals surface area contributed by atoms with Gasteiger partial charge in [-0.2, -0.15) is 10.1 Å². The lowest BCUT2D eigenvalue weighted by Crippen LogP contribution is -2.21. The minimum absolute atomic E-state index is 0.168. The second kappa shape index (κ2) is 11.1. The SMILES string of the molecule is C=CCc1cc(/C=C2/C(=O)N(c3ccccc3)N=C2C)cc(OCC)c1OCc1cccc(Cl)c1. The number of carbonyl (C=O) groups is 1. The van der Waals surface area contributed by atoms with Crippen LogP contribution < -0.4 is 14.5 Å². The molecule has 0 atom stereocenters. The molecule has 1 aliphatic heterocycles. The van der Waals surface area contributed by atoms with Crippen LogP contribution in [0.2, 0.25) is 5.02 Å². The van der Waals surface area contributed by atoms with E-state index in [0.29, 0.717) is 47.4 Å². The summed E-state index contributed by atoms with van der Waals surface area (Å²) >= 11 is 6.12. The van der Waals surface area contributed by atoms with E-state index in [2.05, 4.69) is 11.7 Å². The maximum absolute atomic E-state index is 13.2. The maximum Gasteiger partial charge on any atom is 0.280 e. The van der Waals surface area contributed by atoms with Crippen LogP contribution in [-0.4, -0.2) is 18.2 Å². The summed E-state index contributed by atoms with van der Waals surface area (Å²) < 4.78 is 12.2. The summed E-state index contributed by atoms with van der Waals surface area (Å²) in [5.41, 5.74) is 4.62. The highest BCUT2D eigenvalue weighted by Gasteiger charge is 2.28. The molecular formula is C29H27ClN2O3. The molecule has 3 aromatic carbocycles. The van der Waals surface area contributed by atoms with E-state index >= 15 is 0 Å². The van der Waals surface area contributed by atoms with Gasteiger partial charge in [-0.25, -0.2) is 0 Å². The van der Waals surface area contributed by atoms with Crippen molar-refractivity contribution in [3.63, 3.8) is 0 Å². The second-order valence-electron chi connectivity index (χ2n) is 8.05. The van der Waals surface area contributed by atoms with Gasteiger partial charge in [0.05, 0.1) is 23.6 Å². The molecule has 0 radical (unpaired) electrons. The van der Waals surface area contributed by atoms with Crippen molar-refractivity contribution in [2.75, 3.05) is 11.6 Å². The van der Waals surface area contributed by atoms with Crippen molar-refractivity contribution in [1.29, 1.82) is 0 Å². The van der Waals surface area contributed by atoms with E-state index in [0.717, 1.165) is 22.4 Å². The minimum Gasteiger partial charge on any atom is -0.490 e. The lowest BCUT2D eigenvalue weighted by molar-refractivity contribution is -0.114. The smallest absolute Gasteiger partial charge is 0.280 e. The van der Waals surface area contributed by atoms with Gasteiger partial charge in [-0.05, 0) is 73.9 Å². The topological polar surface area (TPSA) is 51.1 Å². The molecule has 0 unspecified atom stereocenters. The summed E-state index contributed by atoms with van der Waals surface area (Å²) in [7, 11) is 0. The Labute approximate surface area is 210 Å². The fourth-order valence-corrected chi connectivity index (χ4v) is 4.09. The zero-order chi connectivity index (χ0) is 24.8. The summed E-state index contributed by atoms with van der Waals surface area (Å²) in [4.78, 5) is 13.2. The van der Waals surface area contributed by atoms with Gasteiger partial charge in [-0.15, -0.1) is 6.58 Å². The van der Waals surface area contributed by atoms with E-state index in [4.69, 9.17) is 21.1 Å². The van der Waals surface area contributed by atoms with Crippen molar-refractivity contribution in [3.05, 3.63) is 107 Å². The normalized spacial score (nSPS) is 14.3. The van der Waals surface area contributed by atoms with Gasteiger partial charge in [-0.1, -0.05) is 48.0 Å². The number of carbonyl (C=O) groups excluding carboxylic acids is 1. The van der Waals surface area contributed by atoms with Crippen LogP contribution in [0.4, 0.5) is 5.69 Å². The highest BCUT2D eigenvalue weighted by Crippen LogP contribution is 2.36. The van der Waals surface area contributed by atoms with E-state index in [9.17, 15) is 4.79 Å². The van der Waals surface area contributed by atoms with Crippen molar-refractivity contribution >= 4 is 35.0 Å². The highest BCUT2D eigenvalue weighted by atomic mass is 35.5. The van der Waals surface area contributed by atoms with Crippen LogP contribution in [0, 0.1) is 0 Å². The number of para-hydroxylation sites is 1. The number of allylic oxidation sites excluding steroid dienone is 1. The molecule has 0 spiro atoms. The van der Waals surface area contributed by atoms with Crippen molar-refractivity contribution in [1.82, 2.24) is 0 Å². The first-order chi connectivity index (χ1) is 17.0. The molecule has 0 saturated carbocycles. The Morgan fingerprint density at radius 3 is 2.57 bits per heavy atom. The molecule has 3 aromatic rings. The van der Waals surface area contributed by atoms with Crippen LogP contribution in [0.15, 0.2) is 90.1 Å². The predicted octanol–water partition coefficient (Wildman–Crippen LogP) is 6.85. The lowest BCUT2D eigenvalue weighted by atomic mass is 10.0. The Balaban J connectivity index is 1.68. The molecule has 6 heteroatoms. The Morgan fingerprint density at radius 2 is 1.86 bits per heavy atom. The molecular weight excluding hydrogens is 460 g/mol. The molecule has 0 aromatic heterocycles. The fourth-order valence-electron chi connectivity index (χ4n) is 3.88. The number of rotatable bonds is 9. The van der Waals surface area contributed by atoms with Gasteiger partial charge in [-0.3, -0.25) is 4.79 Å². The van der Waals surface area contributed by atoms with Gasteiger partial charge in [0.15, 0.2) is 11.5 Å². The summed E-state index contributed by atoms with van der Waals surface area (Å²) in [6, 6.07) is 20.8. The van der Waals surface area contributed by atoms with Crippen molar-refractivity contribution < 1.29 is 14.3 Å². The van der Waals surface area contributed by atoms with Gasteiger partial charge in [0.2, 0.25) is 0 Å². The Hall–Kier alpha value is -3.83. The Kier molecular flexibility index (Phi) is 7.68. The van der Waals surface area contributed by atoms with Gasteiger partial charge >= 0.3 is 0 Å². The van der Waals surface area contributed by atoms with E-state index in [-0.39, 0.29) is 5.91 Å². The molecule has 1 aliphatic rings. The van der Waals surface area contributed by atoms with Crippen molar-refractivity contribution in [2.24, 2.45) is 5.10 Å². The van der Waals surface area contributed by atoms with Gasteiger partial charge in [0.25, 0.3) is 5.91 Å². The van der Waals surface area contributed by atoms with Crippen molar-refractivity contribution in [2.45, 2.75) is 26.9 Å². The Morgan fingerprint density at radius 1 is 1.06 bits per heavy atom. The van der Waals surface area contributed by atoms with Crippen LogP contribution >= 0.6 is 11.6 Å². The zero-order valence-corrected chi connectivity index (χ0v) is 20.6.